The standard InChI is InChI=1S/C15H19N3O3S/c1-10-16-14(21-17-10)11-4-3-6-18(8-11)15(19)13-12(9-20-2)5-7-22-13/h5,7,11H,3-4,6,8-9H2,1-2H3. The third-order valence-electron chi connectivity index (χ3n) is 3.84. The highest BCUT2D eigenvalue weighted by Gasteiger charge is 2.30. The molecule has 0 aliphatic carbocycles. The van der Waals surface area contributed by atoms with Gasteiger partial charge >= 0.3 is 0 Å². The highest BCUT2D eigenvalue weighted by atomic mass is 32.1. The predicted octanol–water partition coefficient (Wildman–Crippen LogP) is 2.61. The molecule has 118 valence electrons. The second-order valence-corrected chi connectivity index (χ2v) is 6.39. The summed E-state index contributed by atoms with van der Waals surface area (Å²) in [7, 11) is 1.64. The number of piperidine rings is 1. The summed E-state index contributed by atoms with van der Waals surface area (Å²) >= 11 is 1.47. The van der Waals surface area contributed by atoms with Crippen molar-refractivity contribution in [2.45, 2.75) is 32.3 Å². The van der Waals surface area contributed by atoms with Crippen LogP contribution in [0, 0.1) is 6.92 Å². The maximum Gasteiger partial charge on any atom is 0.264 e. The summed E-state index contributed by atoms with van der Waals surface area (Å²) in [6, 6.07) is 1.95. The molecule has 22 heavy (non-hydrogen) atoms. The molecule has 0 aromatic carbocycles. The first kappa shape index (κ1) is 15.2. The lowest BCUT2D eigenvalue weighted by Gasteiger charge is -2.31. The molecule has 2 aromatic heterocycles. The van der Waals surface area contributed by atoms with Gasteiger partial charge in [0.25, 0.3) is 5.91 Å². The zero-order valence-corrected chi connectivity index (χ0v) is 13.6. The van der Waals surface area contributed by atoms with Crippen molar-refractivity contribution in [2.75, 3.05) is 20.2 Å². The summed E-state index contributed by atoms with van der Waals surface area (Å²) in [5.74, 6) is 1.48. The van der Waals surface area contributed by atoms with Crippen LogP contribution in [0.3, 0.4) is 0 Å². The lowest BCUT2D eigenvalue weighted by molar-refractivity contribution is 0.0696. The summed E-state index contributed by atoms with van der Waals surface area (Å²) in [4.78, 5) is 19.7. The molecule has 1 fully saturated rings. The van der Waals surface area contributed by atoms with Crippen molar-refractivity contribution in [1.82, 2.24) is 15.0 Å². The summed E-state index contributed by atoms with van der Waals surface area (Å²) in [6.45, 7) is 3.67. The Morgan fingerprint density at radius 1 is 1.59 bits per heavy atom. The SMILES string of the molecule is COCc1ccsc1C(=O)N1CCCC(c2nc(C)no2)C1. The Bertz CT molecular complexity index is 652. The van der Waals surface area contributed by atoms with Crippen LogP contribution in [0.5, 0.6) is 0 Å². The van der Waals surface area contributed by atoms with Crippen molar-refractivity contribution in [3.05, 3.63) is 33.6 Å². The third-order valence-corrected chi connectivity index (χ3v) is 4.79. The second kappa shape index (κ2) is 6.58. The number of aryl methyl sites for hydroxylation is 1. The zero-order valence-electron chi connectivity index (χ0n) is 12.7. The fourth-order valence-electron chi connectivity index (χ4n) is 2.78. The van der Waals surface area contributed by atoms with E-state index in [2.05, 4.69) is 10.1 Å². The maximum absolute atomic E-state index is 12.8. The van der Waals surface area contributed by atoms with E-state index in [1.54, 1.807) is 14.0 Å². The molecule has 7 heteroatoms. The quantitative estimate of drug-likeness (QED) is 0.866. The first-order valence-electron chi connectivity index (χ1n) is 7.34. The molecule has 0 saturated carbocycles. The molecule has 6 nitrogen and oxygen atoms in total. The van der Waals surface area contributed by atoms with E-state index in [0.717, 1.165) is 29.8 Å². The zero-order chi connectivity index (χ0) is 15.5. The van der Waals surface area contributed by atoms with E-state index in [-0.39, 0.29) is 11.8 Å². The molecule has 1 atom stereocenters. The van der Waals surface area contributed by atoms with E-state index in [0.29, 0.717) is 24.9 Å². The molecular formula is C15H19N3O3S. The fraction of sp³-hybridized carbons (Fsp3) is 0.533. The van der Waals surface area contributed by atoms with Crippen LogP contribution >= 0.6 is 11.3 Å². The first-order valence-corrected chi connectivity index (χ1v) is 8.21. The van der Waals surface area contributed by atoms with Crippen molar-refractivity contribution >= 4 is 17.2 Å². The Kier molecular flexibility index (Phi) is 4.54. The maximum atomic E-state index is 12.8. The van der Waals surface area contributed by atoms with Crippen molar-refractivity contribution < 1.29 is 14.1 Å². The number of hydrogen-bond acceptors (Lipinski definition) is 6. The average Bonchev–Trinajstić information content (AvgIpc) is 3.16. The van der Waals surface area contributed by atoms with Crippen LogP contribution in [-0.2, 0) is 11.3 Å². The minimum absolute atomic E-state index is 0.0722. The smallest absolute Gasteiger partial charge is 0.264 e. The van der Waals surface area contributed by atoms with E-state index in [9.17, 15) is 4.79 Å². The lowest BCUT2D eigenvalue weighted by Crippen LogP contribution is -2.39. The summed E-state index contributed by atoms with van der Waals surface area (Å²) in [5, 5.41) is 5.78. The van der Waals surface area contributed by atoms with Gasteiger partial charge in [-0.15, -0.1) is 11.3 Å². The molecule has 3 rings (SSSR count). The topological polar surface area (TPSA) is 68.5 Å². The predicted molar refractivity (Wildman–Crippen MR) is 81.9 cm³/mol. The number of aromatic nitrogens is 2. The average molecular weight is 321 g/mol. The highest BCUT2D eigenvalue weighted by molar-refractivity contribution is 7.12. The number of methoxy groups -OCH3 is 1. The van der Waals surface area contributed by atoms with E-state index in [1.807, 2.05) is 16.3 Å². The van der Waals surface area contributed by atoms with Gasteiger partial charge in [-0.3, -0.25) is 4.79 Å². The van der Waals surface area contributed by atoms with Crippen LogP contribution < -0.4 is 0 Å². The molecule has 0 N–H and O–H groups in total. The van der Waals surface area contributed by atoms with Crippen molar-refractivity contribution in [3.8, 4) is 0 Å². The van der Waals surface area contributed by atoms with E-state index >= 15 is 0 Å². The van der Waals surface area contributed by atoms with Crippen LogP contribution in [0.2, 0.25) is 0 Å². The van der Waals surface area contributed by atoms with Gasteiger partial charge in [-0.25, -0.2) is 0 Å². The van der Waals surface area contributed by atoms with Gasteiger partial charge in [0.1, 0.15) is 0 Å². The largest absolute Gasteiger partial charge is 0.380 e. The number of thiophene rings is 1. The molecular weight excluding hydrogens is 302 g/mol. The monoisotopic (exact) mass is 321 g/mol. The molecule has 3 heterocycles. The molecule has 2 aromatic rings. The molecule has 0 radical (unpaired) electrons. The molecule has 1 aliphatic heterocycles. The molecule has 0 spiro atoms. The Balaban J connectivity index is 1.74. The molecule has 1 unspecified atom stereocenters. The Morgan fingerprint density at radius 2 is 2.45 bits per heavy atom. The normalized spacial score (nSPS) is 18.6. The summed E-state index contributed by atoms with van der Waals surface area (Å²) in [6.07, 6.45) is 1.92. The molecule has 1 amide bonds. The van der Waals surface area contributed by atoms with E-state index in [4.69, 9.17) is 9.26 Å². The summed E-state index contributed by atoms with van der Waals surface area (Å²) < 4.78 is 10.4. The fourth-order valence-corrected chi connectivity index (χ4v) is 3.65. The van der Waals surface area contributed by atoms with Gasteiger partial charge in [-0.05, 0) is 31.2 Å². The third kappa shape index (κ3) is 3.05. The van der Waals surface area contributed by atoms with Gasteiger partial charge in [0, 0.05) is 25.8 Å². The number of amides is 1. The van der Waals surface area contributed by atoms with Gasteiger partial charge in [0.2, 0.25) is 5.89 Å². The number of nitrogens with zero attached hydrogens (tertiary/aromatic N) is 3. The van der Waals surface area contributed by atoms with Crippen LogP contribution in [-0.4, -0.2) is 41.1 Å². The minimum Gasteiger partial charge on any atom is -0.380 e. The second-order valence-electron chi connectivity index (χ2n) is 5.48. The number of carbonyl (C=O) groups excluding carboxylic acids is 1. The number of hydrogen-bond donors (Lipinski definition) is 0. The van der Waals surface area contributed by atoms with E-state index in [1.165, 1.54) is 11.3 Å². The van der Waals surface area contributed by atoms with Crippen molar-refractivity contribution in [2.24, 2.45) is 0 Å². The van der Waals surface area contributed by atoms with Gasteiger partial charge in [0.15, 0.2) is 5.82 Å². The minimum atomic E-state index is 0.0722. The first-order chi connectivity index (χ1) is 10.7. The van der Waals surface area contributed by atoms with Crippen molar-refractivity contribution in [1.29, 1.82) is 0 Å². The van der Waals surface area contributed by atoms with Crippen LogP contribution in [0.25, 0.3) is 0 Å². The summed E-state index contributed by atoms with van der Waals surface area (Å²) in [5.41, 5.74) is 0.952. The molecule has 1 saturated heterocycles. The number of ether oxygens (including phenoxy) is 1. The van der Waals surface area contributed by atoms with Crippen LogP contribution in [0.1, 0.15) is 45.7 Å². The number of carbonyl (C=O) groups is 1. The lowest BCUT2D eigenvalue weighted by atomic mass is 9.97. The Morgan fingerprint density at radius 3 is 3.18 bits per heavy atom. The highest BCUT2D eigenvalue weighted by Crippen LogP contribution is 2.28. The number of rotatable bonds is 4. The van der Waals surface area contributed by atoms with Crippen LogP contribution in [0.15, 0.2) is 16.0 Å². The van der Waals surface area contributed by atoms with Gasteiger partial charge in [-0.2, -0.15) is 4.98 Å². The Labute approximate surface area is 133 Å². The van der Waals surface area contributed by atoms with E-state index < -0.39 is 0 Å². The number of likely N-dealkylation sites (tertiary alicyclic amines) is 1. The van der Waals surface area contributed by atoms with Gasteiger partial charge in [0.05, 0.1) is 17.4 Å². The van der Waals surface area contributed by atoms with Gasteiger partial charge in [-0.1, -0.05) is 5.16 Å². The van der Waals surface area contributed by atoms with Crippen LogP contribution in [0.4, 0.5) is 0 Å². The molecule has 1 aliphatic rings. The van der Waals surface area contributed by atoms with Crippen molar-refractivity contribution in [3.63, 3.8) is 0 Å². The van der Waals surface area contributed by atoms with Gasteiger partial charge < -0.3 is 14.2 Å². The molecule has 0 bridgehead atoms. The Hall–Kier alpha value is -1.73.